The van der Waals surface area contributed by atoms with Crippen LogP contribution in [0.3, 0.4) is 0 Å². The molecule has 7 nitrogen and oxygen atoms in total. The summed E-state index contributed by atoms with van der Waals surface area (Å²) in [7, 11) is -0.0706. The van der Waals surface area contributed by atoms with Crippen LogP contribution >= 0.6 is 0 Å². The van der Waals surface area contributed by atoms with Crippen molar-refractivity contribution in [3.63, 3.8) is 0 Å². The maximum Gasteiger partial charge on any atom is 0.251 e. The third-order valence-corrected chi connectivity index (χ3v) is 6.37. The first-order valence-electron chi connectivity index (χ1n) is 8.35. The summed E-state index contributed by atoms with van der Waals surface area (Å²) >= 11 is 0. The van der Waals surface area contributed by atoms with Crippen molar-refractivity contribution in [2.75, 3.05) is 46.9 Å². The third kappa shape index (κ3) is 4.78. The van der Waals surface area contributed by atoms with Crippen molar-refractivity contribution in [3.05, 3.63) is 29.3 Å². The zero-order valence-corrected chi connectivity index (χ0v) is 16.1. The quantitative estimate of drug-likeness (QED) is 0.798. The number of hydrogen-bond donors (Lipinski definition) is 1. The molecule has 1 fully saturated rings. The van der Waals surface area contributed by atoms with Crippen LogP contribution in [0.2, 0.25) is 0 Å². The highest BCUT2D eigenvalue weighted by Gasteiger charge is 2.29. The molecule has 1 amide bonds. The SMILES string of the molecule is COC[C@@H](C)NC(=O)c1ccc(C)c(S(=O)(=O)N2CCN(C)CC2)c1. The minimum Gasteiger partial charge on any atom is -0.383 e. The minimum absolute atomic E-state index is 0.156. The van der Waals surface area contributed by atoms with Crippen LogP contribution in [-0.4, -0.2) is 76.5 Å². The van der Waals surface area contributed by atoms with Gasteiger partial charge in [-0.15, -0.1) is 0 Å². The van der Waals surface area contributed by atoms with Crippen molar-refractivity contribution in [2.45, 2.75) is 24.8 Å². The van der Waals surface area contributed by atoms with Gasteiger partial charge in [0, 0.05) is 44.9 Å². The first-order chi connectivity index (χ1) is 11.8. The summed E-state index contributed by atoms with van der Waals surface area (Å²) in [5, 5.41) is 2.80. The maximum absolute atomic E-state index is 13.0. The number of sulfonamides is 1. The van der Waals surface area contributed by atoms with Gasteiger partial charge in [0.05, 0.1) is 11.5 Å². The van der Waals surface area contributed by atoms with Crippen LogP contribution in [0.5, 0.6) is 0 Å². The van der Waals surface area contributed by atoms with Crippen molar-refractivity contribution in [1.29, 1.82) is 0 Å². The molecule has 0 aliphatic carbocycles. The number of methoxy groups -OCH3 is 1. The molecule has 140 valence electrons. The Labute approximate surface area is 150 Å². The van der Waals surface area contributed by atoms with Crippen LogP contribution in [0.15, 0.2) is 23.1 Å². The van der Waals surface area contributed by atoms with Crippen molar-refractivity contribution in [3.8, 4) is 0 Å². The molecule has 1 saturated heterocycles. The van der Waals surface area contributed by atoms with E-state index in [4.69, 9.17) is 4.74 Å². The zero-order valence-electron chi connectivity index (χ0n) is 15.3. The van der Waals surface area contributed by atoms with Gasteiger partial charge in [0.15, 0.2) is 0 Å². The number of benzene rings is 1. The van der Waals surface area contributed by atoms with E-state index in [9.17, 15) is 13.2 Å². The fourth-order valence-electron chi connectivity index (χ4n) is 2.79. The number of hydrogen-bond acceptors (Lipinski definition) is 5. The number of piperazine rings is 1. The second-order valence-electron chi connectivity index (χ2n) is 6.52. The predicted molar refractivity (Wildman–Crippen MR) is 96.2 cm³/mol. The summed E-state index contributed by atoms with van der Waals surface area (Å²) in [6.07, 6.45) is 0. The number of likely N-dealkylation sites (N-methyl/N-ethyl adjacent to an activating group) is 1. The van der Waals surface area contributed by atoms with E-state index in [1.165, 1.54) is 10.4 Å². The lowest BCUT2D eigenvalue weighted by Gasteiger charge is -2.32. The normalized spacial score (nSPS) is 18.1. The molecule has 0 aromatic heterocycles. The monoisotopic (exact) mass is 369 g/mol. The number of carbonyl (C=O) groups is 1. The number of carbonyl (C=O) groups excluding carboxylic acids is 1. The third-order valence-electron chi connectivity index (χ3n) is 4.32. The molecular formula is C17H27N3O4S. The second-order valence-corrected chi connectivity index (χ2v) is 8.42. The fourth-order valence-corrected chi connectivity index (χ4v) is 4.46. The van der Waals surface area contributed by atoms with Crippen LogP contribution < -0.4 is 5.32 Å². The number of nitrogens with zero attached hydrogens (tertiary/aromatic N) is 2. The van der Waals surface area contributed by atoms with E-state index in [0.717, 1.165) is 0 Å². The Morgan fingerprint density at radius 3 is 2.52 bits per heavy atom. The van der Waals surface area contributed by atoms with E-state index in [0.29, 0.717) is 43.9 Å². The smallest absolute Gasteiger partial charge is 0.251 e. The molecule has 1 aliphatic heterocycles. The predicted octanol–water partition coefficient (Wildman–Crippen LogP) is 0.696. The summed E-state index contributed by atoms with van der Waals surface area (Å²) in [5.74, 6) is -0.306. The van der Waals surface area contributed by atoms with Crippen LogP contribution in [0.25, 0.3) is 0 Å². The highest BCUT2D eigenvalue weighted by atomic mass is 32.2. The zero-order chi connectivity index (χ0) is 18.6. The van der Waals surface area contributed by atoms with Crippen LogP contribution in [-0.2, 0) is 14.8 Å². The van der Waals surface area contributed by atoms with Gasteiger partial charge >= 0.3 is 0 Å². The van der Waals surface area contributed by atoms with Gasteiger partial charge in [-0.2, -0.15) is 4.31 Å². The van der Waals surface area contributed by atoms with E-state index in [-0.39, 0.29) is 16.8 Å². The number of ether oxygens (including phenoxy) is 1. The molecule has 0 spiro atoms. The highest BCUT2D eigenvalue weighted by molar-refractivity contribution is 7.89. The van der Waals surface area contributed by atoms with E-state index >= 15 is 0 Å². The summed E-state index contributed by atoms with van der Waals surface area (Å²) in [6.45, 7) is 6.29. The van der Waals surface area contributed by atoms with E-state index < -0.39 is 10.0 Å². The fraction of sp³-hybridized carbons (Fsp3) is 0.588. The van der Waals surface area contributed by atoms with Gasteiger partial charge in [0.25, 0.3) is 5.91 Å². The molecule has 1 aromatic carbocycles. The Hall–Kier alpha value is -1.48. The molecule has 1 aliphatic rings. The minimum atomic E-state index is -3.61. The standard InChI is InChI=1S/C17H27N3O4S/c1-13-5-6-15(17(21)18-14(2)12-24-4)11-16(13)25(22,23)20-9-7-19(3)8-10-20/h5-6,11,14H,7-10,12H2,1-4H3,(H,18,21)/t14-/m1/s1. The average Bonchev–Trinajstić information content (AvgIpc) is 2.55. The van der Waals surface area contributed by atoms with Gasteiger partial charge in [-0.1, -0.05) is 6.07 Å². The van der Waals surface area contributed by atoms with Gasteiger partial charge in [0.2, 0.25) is 10.0 Å². The Bertz CT molecular complexity index is 713. The lowest BCUT2D eigenvalue weighted by molar-refractivity contribution is 0.0905. The van der Waals surface area contributed by atoms with Crippen molar-refractivity contribution in [2.24, 2.45) is 0 Å². The van der Waals surface area contributed by atoms with Crippen LogP contribution in [0.4, 0.5) is 0 Å². The van der Waals surface area contributed by atoms with Crippen LogP contribution in [0.1, 0.15) is 22.8 Å². The molecule has 1 aromatic rings. The molecule has 0 unspecified atom stereocenters. The number of amides is 1. The Balaban J connectivity index is 2.25. The Morgan fingerprint density at radius 1 is 1.28 bits per heavy atom. The van der Waals surface area contributed by atoms with Crippen molar-refractivity contribution in [1.82, 2.24) is 14.5 Å². The lowest BCUT2D eigenvalue weighted by Crippen LogP contribution is -2.47. The molecule has 0 saturated carbocycles. The van der Waals surface area contributed by atoms with Gasteiger partial charge in [-0.3, -0.25) is 4.79 Å². The average molecular weight is 369 g/mol. The van der Waals surface area contributed by atoms with E-state index in [2.05, 4.69) is 10.2 Å². The molecule has 2 rings (SSSR count). The number of nitrogens with one attached hydrogen (secondary N) is 1. The molecular weight excluding hydrogens is 342 g/mol. The molecule has 1 heterocycles. The molecule has 0 radical (unpaired) electrons. The van der Waals surface area contributed by atoms with Gasteiger partial charge in [-0.05, 0) is 38.6 Å². The number of rotatable bonds is 6. The highest BCUT2D eigenvalue weighted by Crippen LogP contribution is 2.22. The van der Waals surface area contributed by atoms with Crippen LogP contribution in [0, 0.1) is 6.92 Å². The summed E-state index contributed by atoms with van der Waals surface area (Å²) in [6, 6.07) is 4.64. The summed E-state index contributed by atoms with van der Waals surface area (Å²) in [5.41, 5.74) is 0.974. The number of aryl methyl sites for hydroxylation is 1. The molecule has 8 heteroatoms. The largest absolute Gasteiger partial charge is 0.383 e. The van der Waals surface area contributed by atoms with Gasteiger partial charge in [0.1, 0.15) is 0 Å². The van der Waals surface area contributed by atoms with Gasteiger partial charge < -0.3 is 15.0 Å². The first kappa shape index (κ1) is 19.8. The topological polar surface area (TPSA) is 78.9 Å². The van der Waals surface area contributed by atoms with Crippen molar-refractivity contribution < 1.29 is 17.9 Å². The first-order valence-corrected chi connectivity index (χ1v) is 9.79. The molecule has 0 bridgehead atoms. The summed E-state index contributed by atoms with van der Waals surface area (Å²) < 4.78 is 32.4. The second kappa shape index (κ2) is 8.27. The van der Waals surface area contributed by atoms with E-state index in [1.54, 1.807) is 26.2 Å². The molecule has 1 atom stereocenters. The maximum atomic E-state index is 13.0. The van der Waals surface area contributed by atoms with E-state index in [1.807, 2.05) is 14.0 Å². The molecule has 1 N–H and O–H groups in total. The Kier molecular flexibility index (Phi) is 6.56. The lowest BCUT2D eigenvalue weighted by atomic mass is 10.1. The van der Waals surface area contributed by atoms with Crippen molar-refractivity contribution >= 4 is 15.9 Å². The Morgan fingerprint density at radius 2 is 1.92 bits per heavy atom. The summed E-state index contributed by atoms with van der Waals surface area (Å²) in [4.78, 5) is 14.7. The molecule has 25 heavy (non-hydrogen) atoms. The van der Waals surface area contributed by atoms with Gasteiger partial charge in [-0.25, -0.2) is 8.42 Å².